The molecule has 3 nitrogen and oxygen atoms in total. The molecule has 0 aromatic heterocycles. The lowest BCUT2D eigenvalue weighted by molar-refractivity contribution is 0.0682. The highest BCUT2D eigenvalue weighted by molar-refractivity contribution is 5.94. The van der Waals surface area contributed by atoms with Crippen molar-refractivity contribution < 1.29 is 9.53 Å². The summed E-state index contributed by atoms with van der Waals surface area (Å²) in [5.74, 6) is 1.51. The summed E-state index contributed by atoms with van der Waals surface area (Å²) in [6.07, 6.45) is 2.33. The van der Waals surface area contributed by atoms with Crippen molar-refractivity contribution in [1.82, 2.24) is 4.90 Å². The van der Waals surface area contributed by atoms with Crippen LogP contribution in [0.4, 0.5) is 0 Å². The van der Waals surface area contributed by atoms with Gasteiger partial charge in [0, 0.05) is 18.7 Å². The Labute approximate surface area is 109 Å². The molecule has 1 atom stereocenters. The second-order valence-corrected chi connectivity index (χ2v) is 4.96. The van der Waals surface area contributed by atoms with Gasteiger partial charge in [-0.15, -0.1) is 0 Å². The van der Waals surface area contributed by atoms with E-state index < -0.39 is 0 Å². The van der Waals surface area contributed by atoms with Crippen molar-refractivity contribution in [3.8, 4) is 5.75 Å². The Hall–Kier alpha value is -1.51. The quantitative estimate of drug-likeness (QED) is 0.822. The van der Waals surface area contributed by atoms with Crippen LogP contribution in [-0.2, 0) is 0 Å². The molecule has 1 amide bonds. The van der Waals surface area contributed by atoms with Gasteiger partial charge in [0.2, 0.25) is 0 Å². The Morgan fingerprint density at radius 3 is 3.06 bits per heavy atom. The molecular formula is C15H21NO2. The van der Waals surface area contributed by atoms with Gasteiger partial charge in [-0.1, -0.05) is 13.0 Å². The average Bonchev–Trinajstić information content (AvgIpc) is 2.39. The molecule has 1 heterocycles. The number of ether oxygens (including phenoxy) is 1. The lowest BCUT2D eigenvalue weighted by Crippen LogP contribution is -2.39. The van der Waals surface area contributed by atoms with Crippen LogP contribution in [0.3, 0.4) is 0 Å². The number of carbonyl (C=O) groups excluding carboxylic acids is 1. The summed E-state index contributed by atoms with van der Waals surface area (Å²) in [7, 11) is 0. The third kappa shape index (κ3) is 3.03. The van der Waals surface area contributed by atoms with Crippen LogP contribution in [-0.4, -0.2) is 30.5 Å². The van der Waals surface area contributed by atoms with Gasteiger partial charge >= 0.3 is 0 Å². The Balaban J connectivity index is 2.10. The van der Waals surface area contributed by atoms with E-state index in [0.29, 0.717) is 12.5 Å². The summed E-state index contributed by atoms with van der Waals surface area (Å²) < 4.78 is 5.43. The number of hydrogen-bond acceptors (Lipinski definition) is 2. The Morgan fingerprint density at radius 1 is 1.50 bits per heavy atom. The van der Waals surface area contributed by atoms with E-state index in [9.17, 15) is 4.79 Å². The first kappa shape index (κ1) is 12.9. The maximum absolute atomic E-state index is 12.4. The van der Waals surface area contributed by atoms with E-state index in [4.69, 9.17) is 4.74 Å². The van der Waals surface area contributed by atoms with E-state index in [1.807, 2.05) is 36.1 Å². The third-order valence-corrected chi connectivity index (χ3v) is 3.34. The van der Waals surface area contributed by atoms with Crippen LogP contribution in [0.5, 0.6) is 5.75 Å². The fourth-order valence-corrected chi connectivity index (χ4v) is 2.44. The van der Waals surface area contributed by atoms with E-state index in [0.717, 1.165) is 30.8 Å². The normalized spacial score (nSPS) is 19.7. The highest BCUT2D eigenvalue weighted by Gasteiger charge is 2.22. The van der Waals surface area contributed by atoms with Gasteiger partial charge < -0.3 is 9.64 Å². The molecule has 1 saturated heterocycles. The SMILES string of the molecule is CCOc1cccc(C(=O)N2CCCC(C)C2)c1. The van der Waals surface area contributed by atoms with Crippen LogP contribution in [0.2, 0.25) is 0 Å². The predicted octanol–water partition coefficient (Wildman–Crippen LogP) is 2.96. The van der Waals surface area contributed by atoms with Gasteiger partial charge in [-0.2, -0.15) is 0 Å². The second kappa shape index (κ2) is 5.89. The molecular weight excluding hydrogens is 226 g/mol. The maximum Gasteiger partial charge on any atom is 0.253 e. The fourth-order valence-electron chi connectivity index (χ4n) is 2.44. The van der Waals surface area contributed by atoms with Crippen LogP contribution >= 0.6 is 0 Å². The van der Waals surface area contributed by atoms with Crippen LogP contribution in [0.15, 0.2) is 24.3 Å². The lowest BCUT2D eigenvalue weighted by atomic mass is 9.99. The molecule has 1 aliphatic rings. The molecule has 0 N–H and O–H groups in total. The number of hydrogen-bond donors (Lipinski definition) is 0. The number of piperidine rings is 1. The lowest BCUT2D eigenvalue weighted by Gasteiger charge is -2.31. The van der Waals surface area contributed by atoms with Gasteiger partial charge in [0.1, 0.15) is 5.75 Å². The minimum Gasteiger partial charge on any atom is -0.494 e. The van der Waals surface area contributed by atoms with E-state index in [2.05, 4.69) is 6.92 Å². The molecule has 0 spiro atoms. The fraction of sp³-hybridized carbons (Fsp3) is 0.533. The number of nitrogens with zero attached hydrogens (tertiary/aromatic N) is 1. The molecule has 0 saturated carbocycles. The zero-order valence-corrected chi connectivity index (χ0v) is 11.2. The van der Waals surface area contributed by atoms with Crippen LogP contribution in [0, 0.1) is 5.92 Å². The minimum atomic E-state index is 0.128. The highest BCUT2D eigenvalue weighted by atomic mass is 16.5. The van der Waals surface area contributed by atoms with Crippen LogP contribution in [0.25, 0.3) is 0 Å². The summed E-state index contributed by atoms with van der Waals surface area (Å²) in [5, 5.41) is 0. The molecule has 0 bridgehead atoms. The molecule has 98 valence electrons. The van der Waals surface area contributed by atoms with Crippen molar-refractivity contribution in [2.75, 3.05) is 19.7 Å². The van der Waals surface area contributed by atoms with Crippen molar-refractivity contribution in [1.29, 1.82) is 0 Å². The molecule has 1 fully saturated rings. The molecule has 18 heavy (non-hydrogen) atoms. The highest BCUT2D eigenvalue weighted by Crippen LogP contribution is 2.20. The van der Waals surface area contributed by atoms with Crippen molar-refractivity contribution in [2.45, 2.75) is 26.7 Å². The monoisotopic (exact) mass is 247 g/mol. The van der Waals surface area contributed by atoms with Crippen LogP contribution < -0.4 is 4.74 Å². The number of amides is 1. The molecule has 1 aromatic rings. The molecule has 1 aliphatic heterocycles. The second-order valence-electron chi connectivity index (χ2n) is 4.96. The standard InChI is InChI=1S/C15H21NO2/c1-3-18-14-8-4-7-13(10-14)15(17)16-9-5-6-12(2)11-16/h4,7-8,10,12H,3,5-6,9,11H2,1-2H3. The van der Waals surface area contributed by atoms with E-state index in [1.165, 1.54) is 6.42 Å². The average molecular weight is 247 g/mol. The summed E-state index contributed by atoms with van der Waals surface area (Å²) in [6, 6.07) is 7.47. The van der Waals surface area contributed by atoms with Crippen molar-refractivity contribution in [2.24, 2.45) is 5.92 Å². The van der Waals surface area contributed by atoms with Gasteiger partial charge in [0.05, 0.1) is 6.61 Å². The molecule has 1 unspecified atom stereocenters. The number of rotatable bonds is 3. The molecule has 2 rings (SSSR count). The summed E-state index contributed by atoms with van der Waals surface area (Å²) in [5.41, 5.74) is 0.732. The predicted molar refractivity (Wildman–Crippen MR) is 71.9 cm³/mol. The van der Waals surface area contributed by atoms with Crippen LogP contribution in [0.1, 0.15) is 37.0 Å². The number of likely N-dealkylation sites (tertiary alicyclic amines) is 1. The van der Waals surface area contributed by atoms with E-state index in [-0.39, 0.29) is 5.91 Å². The van der Waals surface area contributed by atoms with Gasteiger partial charge in [-0.25, -0.2) is 0 Å². The largest absolute Gasteiger partial charge is 0.494 e. The topological polar surface area (TPSA) is 29.5 Å². The Morgan fingerprint density at radius 2 is 2.33 bits per heavy atom. The van der Waals surface area contributed by atoms with Gasteiger partial charge in [0.15, 0.2) is 0 Å². The minimum absolute atomic E-state index is 0.128. The Bertz CT molecular complexity index is 417. The maximum atomic E-state index is 12.4. The molecule has 0 aliphatic carbocycles. The first-order valence-corrected chi connectivity index (χ1v) is 6.73. The third-order valence-electron chi connectivity index (χ3n) is 3.34. The number of carbonyl (C=O) groups is 1. The first-order valence-electron chi connectivity index (χ1n) is 6.73. The summed E-state index contributed by atoms with van der Waals surface area (Å²) >= 11 is 0. The molecule has 0 radical (unpaired) electrons. The molecule has 3 heteroatoms. The van der Waals surface area contributed by atoms with Crippen molar-refractivity contribution in [3.05, 3.63) is 29.8 Å². The van der Waals surface area contributed by atoms with E-state index in [1.54, 1.807) is 0 Å². The zero-order chi connectivity index (χ0) is 13.0. The summed E-state index contributed by atoms with van der Waals surface area (Å²) in [6.45, 7) is 6.52. The van der Waals surface area contributed by atoms with Crippen molar-refractivity contribution >= 4 is 5.91 Å². The van der Waals surface area contributed by atoms with Gasteiger partial charge in [-0.3, -0.25) is 4.79 Å². The smallest absolute Gasteiger partial charge is 0.253 e. The summed E-state index contributed by atoms with van der Waals surface area (Å²) in [4.78, 5) is 14.3. The number of benzene rings is 1. The zero-order valence-electron chi connectivity index (χ0n) is 11.2. The van der Waals surface area contributed by atoms with Gasteiger partial charge in [-0.05, 0) is 43.9 Å². The Kier molecular flexibility index (Phi) is 4.24. The van der Waals surface area contributed by atoms with Crippen molar-refractivity contribution in [3.63, 3.8) is 0 Å². The first-order chi connectivity index (χ1) is 8.70. The van der Waals surface area contributed by atoms with Gasteiger partial charge in [0.25, 0.3) is 5.91 Å². The molecule has 1 aromatic carbocycles. The van der Waals surface area contributed by atoms with E-state index >= 15 is 0 Å².